The lowest BCUT2D eigenvalue weighted by Gasteiger charge is -2.10. The van der Waals surface area contributed by atoms with Crippen LogP contribution in [-0.2, 0) is 9.53 Å². The first-order valence-electron chi connectivity index (χ1n) is 11.9. The molecule has 0 aliphatic rings. The summed E-state index contributed by atoms with van der Waals surface area (Å²) in [5.41, 5.74) is 0.510. The molecule has 3 aromatic rings. The zero-order valence-corrected chi connectivity index (χ0v) is 22.0. The van der Waals surface area contributed by atoms with Crippen LogP contribution in [0.1, 0.15) is 53.8 Å². The summed E-state index contributed by atoms with van der Waals surface area (Å²) in [6.07, 6.45) is 4.65. The fraction of sp³-hybridized carbons (Fsp3) is 0.233. The molecule has 0 unspecified atom stereocenters. The number of carbonyl (C=O) groups excluding carboxylic acids is 3. The second-order valence-corrected chi connectivity index (χ2v) is 8.88. The van der Waals surface area contributed by atoms with Crippen molar-refractivity contribution in [3.63, 3.8) is 0 Å². The van der Waals surface area contributed by atoms with E-state index in [0.717, 1.165) is 31.8 Å². The van der Waals surface area contributed by atoms with Crippen molar-refractivity contribution < 1.29 is 33.3 Å². The van der Waals surface area contributed by atoms with Crippen molar-refractivity contribution in [3.8, 4) is 17.2 Å². The summed E-state index contributed by atoms with van der Waals surface area (Å²) in [6.45, 7) is 4.26. The lowest BCUT2D eigenvalue weighted by atomic mass is 10.2. The third-order valence-corrected chi connectivity index (χ3v) is 5.75. The molecule has 3 rings (SSSR count). The smallest absolute Gasteiger partial charge is 0.343 e. The number of rotatable bonds is 13. The van der Waals surface area contributed by atoms with Crippen LogP contribution in [0.25, 0.3) is 0 Å². The quantitative estimate of drug-likeness (QED) is 0.0895. The second-order valence-electron chi connectivity index (χ2n) is 8.04. The molecule has 9 heteroatoms. The van der Waals surface area contributed by atoms with E-state index in [2.05, 4.69) is 6.58 Å². The van der Waals surface area contributed by atoms with Crippen LogP contribution in [0.4, 0.5) is 0 Å². The molecule has 0 aliphatic heterocycles. The fourth-order valence-corrected chi connectivity index (χ4v) is 3.55. The Kier molecular flexibility index (Phi) is 13.1. The van der Waals surface area contributed by atoms with Crippen LogP contribution in [-0.4, -0.2) is 31.1 Å². The minimum atomic E-state index is -0.614. The average Bonchev–Trinajstić information content (AvgIpc) is 2.92. The molecule has 0 bridgehead atoms. The first kappa shape index (κ1) is 31.4. The number of carbonyl (C=O) groups is 3. The van der Waals surface area contributed by atoms with Crippen LogP contribution < -0.4 is 14.2 Å². The van der Waals surface area contributed by atoms with Crippen LogP contribution in [0.3, 0.4) is 0 Å². The molecule has 0 atom stereocenters. The standard InChI is InChI=1S/C29H26Cl2O7.CH4/c1-2-27(32)36-18-6-4-3-5-17-35-23-12-7-20(8-13-23)28(33)38-26-16-9-21(19-25(26)31)29(34)37-24-14-10-22(30)11-15-24;/h2,7-16,19H,1,3-6,17-18H2;1H4. The van der Waals surface area contributed by atoms with Gasteiger partial charge < -0.3 is 18.9 Å². The molecule has 0 aliphatic carbocycles. The molecule has 0 spiro atoms. The lowest BCUT2D eigenvalue weighted by molar-refractivity contribution is -0.137. The van der Waals surface area contributed by atoms with Gasteiger partial charge in [0.1, 0.15) is 17.2 Å². The normalized spacial score (nSPS) is 10.1. The Morgan fingerprint density at radius 2 is 1.31 bits per heavy atom. The summed E-state index contributed by atoms with van der Waals surface area (Å²) in [7, 11) is 0. The molecule has 0 saturated carbocycles. The van der Waals surface area contributed by atoms with Gasteiger partial charge in [-0.2, -0.15) is 0 Å². The summed E-state index contributed by atoms with van der Waals surface area (Å²) in [6, 6.07) is 17.2. The Bertz CT molecular complexity index is 1260. The van der Waals surface area contributed by atoms with Gasteiger partial charge in [0.2, 0.25) is 0 Å². The van der Waals surface area contributed by atoms with E-state index in [1.165, 1.54) is 18.2 Å². The van der Waals surface area contributed by atoms with E-state index in [4.69, 9.17) is 42.1 Å². The summed E-state index contributed by atoms with van der Waals surface area (Å²) in [5.74, 6) is -0.553. The summed E-state index contributed by atoms with van der Waals surface area (Å²) in [5, 5.41) is 0.609. The van der Waals surface area contributed by atoms with Crippen LogP contribution in [0.2, 0.25) is 10.0 Å². The molecule has 0 aromatic heterocycles. The minimum Gasteiger partial charge on any atom is -0.494 e. The van der Waals surface area contributed by atoms with Crippen molar-refractivity contribution in [2.75, 3.05) is 13.2 Å². The maximum Gasteiger partial charge on any atom is 0.343 e. The number of unbranched alkanes of at least 4 members (excludes halogenated alkanes) is 3. The molecule has 0 fully saturated rings. The second kappa shape index (κ2) is 16.2. The Morgan fingerprint density at radius 3 is 1.95 bits per heavy atom. The molecule has 0 radical (unpaired) electrons. The largest absolute Gasteiger partial charge is 0.494 e. The van der Waals surface area contributed by atoms with Crippen LogP contribution >= 0.6 is 23.2 Å². The van der Waals surface area contributed by atoms with E-state index in [0.29, 0.717) is 35.3 Å². The van der Waals surface area contributed by atoms with Crippen molar-refractivity contribution in [2.45, 2.75) is 33.1 Å². The molecule has 7 nitrogen and oxygen atoms in total. The lowest BCUT2D eigenvalue weighted by Crippen LogP contribution is -2.11. The Morgan fingerprint density at radius 1 is 0.718 bits per heavy atom. The molecule has 206 valence electrons. The van der Waals surface area contributed by atoms with E-state index < -0.39 is 17.9 Å². The zero-order chi connectivity index (χ0) is 27.3. The molecule has 3 aromatic carbocycles. The number of halogens is 2. The van der Waals surface area contributed by atoms with Crippen molar-refractivity contribution in [1.82, 2.24) is 0 Å². The van der Waals surface area contributed by atoms with Gasteiger partial charge in [-0.15, -0.1) is 0 Å². The number of benzene rings is 3. The van der Waals surface area contributed by atoms with Gasteiger partial charge in [0.05, 0.1) is 29.4 Å². The molecule has 39 heavy (non-hydrogen) atoms. The summed E-state index contributed by atoms with van der Waals surface area (Å²) >= 11 is 12.1. The number of ether oxygens (including phenoxy) is 4. The zero-order valence-electron chi connectivity index (χ0n) is 20.5. The van der Waals surface area contributed by atoms with Gasteiger partial charge >= 0.3 is 17.9 Å². The van der Waals surface area contributed by atoms with Crippen molar-refractivity contribution in [3.05, 3.63) is 101 Å². The van der Waals surface area contributed by atoms with E-state index >= 15 is 0 Å². The molecular formula is C30H30Cl2O7. The molecule has 0 saturated heterocycles. The highest BCUT2D eigenvalue weighted by Gasteiger charge is 2.15. The van der Waals surface area contributed by atoms with Crippen molar-refractivity contribution in [2.24, 2.45) is 0 Å². The first-order valence-corrected chi connectivity index (χ1v) is 12.6. The predicted octanol–water partition coefficient (Wildman–Crippen LogP) is 7.74. The number of hydrogen-bond acceptors (Lipinski definition) is 7. The molecular weight excluding hydrogens is 543 g/mol. The fourth-order valence-electron chi connectivity index (χ4n) is 3.20. The van der Waals surface area contributed by atoms with Crippen LogP contribution in [0, 0.1) is 0 Å². The number of esters is 3. The third kappa shape index (κ3) is 10.5. The molecule has 0 N–H and O–H groups in total. The van der Waals surface area contributed by atoms with E-state index in [1.54, 1.807) is 48.5 Å². The summed E-state index contributed by atoms with van der Waals surface area (Å²) in [4.78, 5) is 35.9. The van der Waals surface area contributed by atoms with Gasteiger partial charge in [-0.05, 0) is 92.4 Å². The minimum absolute atomic E-state index is 0. The topological polar surface area (TPSA) is 88.1 Å². The van der Waals surface area contributed by atoms with Gasteiger partial charge in [-0.3, -0.25) is 0 Å². The van der Waals surface area contributed by atoms with E-state index in [9.17, 15) is 14.4 Å². The maximum atomic E-state index is 12.6. The highest BCUT2D eigenvalue weighted by Crippen LogP contribution is 2.27. The first-order chi connectivity index (χ1) is 18.4. The van der Waals surface area contributed by atoms with Gasteiger partial charge in [0, 0.05) is 11.1 Å². The maximum absolute atomic E-state index is 12.6. The molecule has 0 amide bonds. The van der Waals surface area contributed by atoms with Crippen molar-refractivity contribution in [1.29, 1.82) is 0 Å². The Balaban J connectivity index is 0.00000533. The predicted molar refractivity (Wildman–Crippen MR) is 151 cm³/mol. The van der Waals surface area contributed by atoms with E-state index in [1.807, 2.05) is 0 Å². The van der Waals surface area contributed by atoms with Gasteiger partial charge in [0.15, 0.2) is 0 Å². The average molecular weight is 573 g/mol. The molecule has 0 heterocycles. The Hall–Kier alpha value is -3.81. The van der Waals surface area contributed by atoms with Crippen LogP contribution in [0.15, 0.2) is 79.4 Å². The highest BCUT2D eigenvalue weighted by molar-refractivity contribution is 6.32. The SMILES string of the molecule is C.C=CC(=O)OCCCCCCOc1ccc(C(=O)Oc2ccc(C(=O)Oc3ccc(Cl)cc3)cc2Cl)cc1. The van der Waals surface area contributed by atoms with Gasteiger partial charge in [0.25, 0.3) is 0 Å². The number of hydrogen-bond donors (Lipinski definition) is 0. The van der Waals surface area contributed by atoms with E-state index in [-0.39, 0.29) is 23.8 Å². The summed E-state index contributed by atoms with van der Waals surface area (Å²) < 4.78 is 21.3. The van der Waals surface area contributed by atoms with Gasteiger partial charge in [-0.1, -0.05) is 37.2 Å². The third-order valence-electron chi connectivity index (χ3n) is 5.20. The van der Waals surface area contributed by atoms with Crippen molar-refractivity contribution >= 4 is 41.1 Å². The monoisotopic (exact) mass is 572 g/mol. The van der Waals surface area contributed by atoms with Gasteiger partial charge in [-0.25, -0.2) is 14.4 Å². The highest BCUT2D eigenvalue weighted by atomic mass is 35.5. The van der Waals surface area contributed by atoms with Crippen LogP contribution in [0.5, 0.6) is 17.2 Å². The Labute approximate surface area is 238 Å².